The van der Waals surface area contributed by atoms with Crippen LogP contribution in [-0.4, -0.2) is 53.6 Å². The van der Waals surface area contributed by atoms with Gasteiger partial charge in [0.1, 0.15) is 5.82 Å². The van der Waals surface area contributed by atoms with Crippen molar-refractivity contribution in [3.63, 3.8) is 0 Å². The molecular formula is C19H22F3N5O. The van der Waals surface area contributed by atoms with Gasteiger partial charge in [0.2, 0.25) is 0 Å². The maximum atomic E-state index is 12.7. The Labute approximate surface area is 161 Å². The van der Waals surface area contributed by atoms with Crippen LogP contribution in [0.25, 0.3) is 0 Å². The summed E-state index contributed by atoms with van der Waals surface area (Å²) in [6, 6.07) is 6.10. The fraction of sp³-hybridized carbons (Fsp3) is 0.421. The van der Waals surface area contributed by atoms with Crippen molar-refractivity contribution in [2.24, 2.45) is 0 Å². The van der Waals surface area contributed by atoms with Crippen LogP contribution < -0.4 is 10.2 Å². The molecule has 3 rings (SSSR count). The number of carbonyl (C=O) groups is 1. The Bertz CT molecular complexity index is 767. The Hall–Kier alpha value is -2.84. The maximum Gasteiger partial charge on any atom is 0.417 e. The zero-order chi connectivity index (χ0) is 20.0. The van der Waals surface area contributed by atoms with Crippen molar-refractivity contribution >= 4 is 11.8 Å². The molecule has 0 aliphatic carbocycles. The standard InChI is InChI=1S/C19H22F3N5O/c20-19(21,22)16-4-5-17(25-14-16)26-9-2-10-27(12-11-26)18(28)24-8-6-15-3-1-7-23-13-15/h1,3-5,7,13-14H,2,6,8-12H2,(H,24,28). The van der Waals surface area contributed by atoms with Crippen LogP contribution in [0.1, 0.15) is 17.5 Å². The van der Waals surface area contributed by atoms with Crippen molar-refractivity contribution in [3.05, 3.63) is 54.0 Å². The topological polar surface area (TPSA) is 61.4 Å². The number of alkyl halides is 3. The molecule has 1 aliphatic heterocycles. The van der Waals surface area contributed by atoms with Crippen LogP contribution in [0, 0.1) is 0 Å². The molecule has 2 amide bonds. The lowest BCUT2D eigenvalue weighted by molar-refractivity contribution is -0.137. The second-order valence-electron chi connectivity index (χ2n) is 6.57. The first-order valence-corrected chi connectivity index (χ1v) is 9.13. The number of hydrogen-bond acceptors (Lipinski definition) is 4. The Morgan fingerprint density at radius 3 is 2.64 bits per heavy atom. The molecular weight excluding hydrogens is 371 g/mol. The summed E-state index contributed by atoms with van der Waals surface area (Å²) in [6.07, 6.45) is 1.36. The van der Waals surface area contributed by atoms with E-state index in [0.29, 0.717) is 45.0 Å². The maximum absolute atomic E-state index is 12.7. The van der Waals surface area contributed by atoms with Gasteiger partial charge in [-0.1, -0.05) is 6.07 Å². The van der Waals surface area contributed by atoms with Crippen molar-refractivity contribution in [2.75, 3.05) is 37.6 Å². The highest BCUT2D eigenvalue weighted by molar-refractivity contribution is 5.74. The van der Waals surface area contributed by atoms with Gasteiger partial charge in [0.25, 0.3) is 0 Å². The SMILES string of the molecule is O=C(NCCc1cccnc1)N1CCCN(c2ccc(C(F)(F)F)cn2)CC1. The van der Waals surface area contributed by atoms with E-state index in [0.717, 1.165) is 24.2 Å². The van der Waals surface area contributed by atoms with E-state index in [2.05, 4.69) is 15.3 Å². The lowest BCUT2D eigenvalue weighted by atomic mass is 10.2. The number of pyridine rings is 2. The molecule has 2 aromatic heterocycles. The van der Waals surface area contributed by atoms with Gasteiger partial charge in [-0.05, 0) is 36.6 Å². The average Bonchev–Trinajstić information content (AvgIpc) is 2.94. The van der Waals surface area contributed by atoms with Gasteiger partial charge in [0.15, 0.2) is 0 Å². The molecule has 0 atom stereocenters. The summed E-state index contributed by atoms with van der Waals surface area (Å²) in [6.45, 7) is 2.76. The summed E-state index contributed by atoms with van der Waals surface area (Å²) < 4.78 is 38.0. The summed E-state index contributed by atoms with van der Waals surface area (Å²) >= 11 is 0. The summed E-state index contributed by atoms with van der Waals surface area (Å²) in [5.74, 6) is 0.492. The van der Waals surface area contributed by atoms with Gasteiger partial charge in [-0.3, -0.25) is 4.98 Å². The lowest BCUT2D eigenvalue weighted by Crippen LogP contribution is -2.42. The fourth-order valence-electron chi connectivity index (χ4n) is 3.06. The molecule has 2 aromatic rings. The highest BCUT2D eigenvalue weighted by Gasteiger charge is 2.31. The van der Waals surface area contributed by atoms with E-state index in [-0.39, 0.29) is 6.03 Å². The quantitative estimate of drug-likeness (QED) is 0.868. The van der Waals surface area contributed by atoms with E-state index in [1.807, 2.05) is 17.0 Å². The second-order valence-corrected chi connectivity index (χ2v) is 6.57. The molecule has 3 heterocycles. The first kappa shape index (κ1) is 19.9. The van der Waals surface area contributed by atoms with Crippen LogP contribution >= 0.6 is 0 Å². The number of carbonyl (C=O) groups excluding carboxylic acids is 1. The molecule has 0 spiro atoms. The molecule has 0 aromatic carbocycles. The summed E-state index contributed by atoms with van der Waals surface area (Å²) in [7, 11) is 0. The molecule has 1 saturated heterocycles. The van der Waals surface area contributed by atoms with Crippen molar-refractivity contribution in [2.45, 2.75) is 19.0 Å². The van der Waals surface area contributed by atoms with Crippen LogP contribution in [0.3, 0.4) is 0 Å². The number of nitrogens with one attached hydrogen (secondary N) is 1. The Morgan fingerprint density at radius 2 is 1.96 bits per heavy atom. The van der Waals surface area contributed by atoms with Gasteiger partial charge >= 0.3 is 12.2 Å². The first-order chi connectivity index (χ1) is 13.4. The molecule has 1 N–H and O–H groups in total. The molecule has 150 valence electrons. The molecule has 0 saturated carbocycles. The third kappa shape index (κ3) is 5.34. The Kier molecular flexibility index (Phi) is 6.33. The van der Waals surface area contributed by atoms with Gasteiger partial charge in [-0.2, -0.15) is 13.2 Å². The smallest absolute Gasteiger partial charge is 0.355 e. The van der Waals surface area contributed by atoms with Crippen molar-refractivity contribution < 1.29 is 18.0 Å². The third-order valence-corrected chi connectivity index (χ3v) is 4.59. The molecule has 1 fully saturated rings. The molecule has 28 heavy (non-hydrogen) atoms. The van der Waals surface area contributed by atoms with E-state index >= 15 is 0 Å². The van der Waals surface area contributed by atoms with Crippen LogP contribution in [0.5, 0.6) is 0 Å². The summed E-state index contributed by atoms with van der Waals surface area (Å²) in [4.78, 5) is 24.0. The number of urea groups is 1. The predicted octanol–water partition coefficient (Wildman–Crippen LogP) is 2.96. The monoisotopic (exact) mass is 393 g/mol. The summed E-state index contributed by atoms with van der Waals surface area (Å²) in [5.41, 5.74) is 0.291. The minimum atomic E-state index is -4.39. The largest absolute Gasteiger partial charge is 0.417 e. The molecule has 6 nitrogen and oxygen atoms in total. The molecule has 1 aliphatic rings. The van der Waals surface area contributed by atoms with Gasteiger partial charge in [-0.25, -0.2) is 9.78 Å². The fourth-order valence-corrected chi connectivity index (χ4v) is 3.06. The van der Waals surface area contributed by atoms with Crippen LogP contribution in [0.2, 0.25) is 0 Å². The number of aromatic nitrogens is 2. The molecule has 0 bridgehead atoms. The van der Waals surface area contributed by atoms with Crippen molar-refractivity contribution in [1.29, 1.82) is 0 Å². The Balaban J connectivity index is 1.49. The third-order valence-electron chi connectivity index (χ3n) is 4.59. The van der Waals surface area contributed by atoms with Crippen LogP contribution in [0.4, 0.5) is 23.8 Å². The zero-order valence-corrected chi connectivity index (χ0v) is 15.3. The summed E-state index contributed by atoms with van der Waals surface area (Å²) in [5, 5.41) is 2.91. The van der Waals surface area contributed by atoms with Gasteiger partial charge in [-0.15, -0.1) is 0 Å². The zero-order valence-electron chi connectivity index (χ0n) is 15.3. The number of hydrogen-bond donors (Lipinski definition) is 1. The van der Waals surface area contributed by atoms with E-state index in [9.17, 15) is 18.0 Å². The van der Waals surface area contributed by atoms with Crippen molar-refractivity contribution in [3.8, 4) is 0 Å². The van der Waals surface area contributed by atoms with Gasteiger partial charge in [0.05, 0.1) is 5.56 Å². The van der Waals surface area contributed by atoms with Crippen LogP contribution in [-0.2, 0) is 12.6 Å². The highest BCUT2D eigenvalue weighted by Crippen LogP contribution is 2.29. The molecule has 0 unspecified atom stereocenters. The highest BCUT2D eigenvalue weighted by atomic mass is 19.4. The normalized spacial score (nSPS) is 15.2. The minimum absolute atomic E-state index is 0.133. The number of anilines is 1. The molecule has 9 heteroatoms. The van der Waals surface area contributed by atoms with Gasteiger partial charge < -0.3 is 15.1 Å². The average molecular weight is 393 g/mol. The van der Waals surface area contributed by atoms with Crippen LogP contribution in [0.15, 0.2) is 42.9 Å². The van der Waals surface area contributed by atoms with E-state index in [4.69, 9.17) is 0 Å². The number of rotatable bonds is 4. The second kappa shape index (κ2) is 8.90. The van der Waals surface area contributed by atoms with Crippen molar-refractivity contribution in [1.82, 2.24) is 20.2 Å². The molecule has 0 radical (unpaired) electrons. The number of halogens is 3. The van der Waals surface area contributed by atoms with E-state index in [1.165, 1.54) is 6.07 Å². The van der Waals surface area contributed by atoms with Gasteiger partial charge in [0, 0.05) is 51.3 Å². The minimum Gasteiger partial charge on any atom is -0.355 e. The van der Waals surface area contributed by atoms with E-state index in [1.54, 1.807) is 17.3 Å². The van der Waals surface area contributed by atoms with E-state index < -0.39 is 11.7 Å². The lowest BCUT2D eigenvalue weighted by Gasteiger charge is -2.23. The first-order valence-electron chi connectivity index (χ1n) is 9.13. The number of nitrogens with zero attached hydrogens (tertiary/aromatic N) is 4. The Morgan fingerprint density at radius 1 is 1.11 bits per heavy atom. The predicted molar refractivity (Wildman–Crippen MR) is 99.0 cm³/mol. The number of amides is 2.